The van der Waals surface area contributed by atoms with Crippen LogP contribution < -0.4 is 15.4 Å². The van der Waals surface area contributed by atoms with Crippen LogP contribution in [0, 0.1) is 23.2 Å². The summed E-state index contributed by atoms with van der Waals surface area (Å²) in [6.45, 7) is 2.99. The number of aryl methyl sites for hydroxylation is 1. The van der Waals surface area contributed by atoms with Gasteiger partial charge in [0.15, 0.2) is 6.61 Å². The van der Waals surface area contributed by atoms with E-state index >= 15 is 0 Å². The molecule has 4 saturated carbocycles. The zero-order valence-electron chi connectivity index (χ0n) is 16.8. The molecule has 2 N–H and O–H groups in total. The summed E-state index contributed by atoms with van der Waals surface area (Å²) in [6.07, 6.45) is 8.09. The summed E-state index contributed by atoms with van der Waals surface area (Å²) in [5, 5.41) is 5.93. The van der Waals surface area contributed by atoms with Crippen molar-refractivity contribution in [2.75, 3.05) is 19.7 Å². The molecule has 1 aromatic rings. The summed E-state index contributed by atoms with van der Waals surface area (Å²) < 4.78 is 5.63. The van der Waals surface area contributed by atoms with Gasteiger partial charge in [0.2, 0.25) is 5.91 Å². The fourth-order valence-corrected chi connectivity index (χ4v) is 6.09. The monoisotopic (exact) mass is 384 g/mol. The molecule has 0 radical (unpaired) electrons. The van der Waals surface area contributed by atoms with Crippen molar-refractivity contribution < 1.29 is 14.3 Å². The van der Waals surface area contributed by atoms with Crippen LogP contribution in [0.25, 0.3) is 0 Å². The molecule has 0 aromatic heterocycles. The number of nitrogens with one attached hydrogen (secondary N) is 2. The zero-order valence-corrected chi connectivity index (χ0v) is 16.8. The predicted octanol–water partition coefficient (Wildman–Crippen LogP) is 3.08. The van der Waals surface area contributed by atoms with E-state index in [1.54, 1.807) is 0 Å². The fraction of sp³-hybridized carbons (Fsp3) is 0.652. The van der Waals surface area contributed by atoms with Crippen LogP contribution in [0.3, 0.4) is 0 Å². The van der Waals surface area contributed by atoms with Crippen molar-refractivity contribution in [3.8, 4) is 5.75 Å². The van der Waals surface area contributed by atoms with E-state index in [1.165, 1.54) is 19.3 Å². The Kier molecular flexibility index (Phi) is 5.61. The first-order valence-electron chi connectivity index (χ1n) is 10.8. The summed E-state index contributed by atoms with van der Waals surface area (Å²) in [4.78, 5) is 24.9. The largest absolute Gasteiger partial charge is 0.483 e. The van der Waals surface area contributed by atoms with Crippen molar-refractivity contribution in [2.45, 2.75) is 51.9 Å². The van der Waals surface area contributed by atoms with Gasteiger partial charge >= 0.3 is 0 Å². The minimum Gasteiger partial charge on any atom is -0.483 e. The van der Waals surface area contributed by atoms with Crippen molar-refractivity contribution in [1.82, 2.24) is 10.6 Å². The minimum absolute atomic E-state index is 0.0000622. The van der Waals surface area contributed by atoms with Gasteiger partial charge in [-0.15, -0.1) is 0 Å². The number of para-hydroxylation sites is 1. The van der Waals surface area contributed by atoms with Gasteiger partial charge in [0, 0.05) is 18.5 Å². The lowest BCUT2D eigenvalue weighted by Crippen LogP contribution is -2.54. The average Bonchev–Trinajstić information content (AvgIpc) is 2.68. The predicted molar refractivity (Wildman–Crippen MR) is 108 cm³/mol. The molecule has 0 spiro atoms. The number of rotatable bonds is 8. The van der Waals surface area contributed by atoms with Gasteiger partial charge in [0.05, 0.1) is 0 Å². The number of ether oxygens (including phenoxy) is 1. The molecule has 5 nitrogen and oxygen atoms in total. The van der Waals surface area contributed by atoms with Gasteiger partial charge in [0.1, 0.15) is 5.75 Å². The lowest BCUT2D eigenvalue weighted by Gasteiger charge is -2.55. The van der Waals surface area contributed by atoms with Gasteiger partial charge in [0.25, 0.3) is 5.91 Å². The molecule has 0 saturated heterocycles. The van der Waals surface area contributed by atoms with Crippen LogP contribution in [0.15, 0.2) is 24.3 Å². The van der Waals surface area contributed by atoms with Crippen LogP contribution in [0.1, 0.15) is 51.0 Å². The first kappa shape index (κ1) is 19.3. The number of benzene rings is 1. The zero-order chi connectivity index (χ0) is 19.6. The van der Waals surface area contributed by atoms with E-state index in [2.05, 4.69) is 17.6 Å². The third-order valence-corrected chi connectivity index (χ3v) is 6.96. The van der Waals surface area contributed by atoms with Gasteiger partial charge in [-0.3, -0.25) is 9.59 Å². The molecule has 4 aliphatic carbocycles. The standard InChI is InChI=1S/C23H32N2O3/c1-2-19-5-3-4-6-20(19)28-15-21(26)24-7-8-25-22(27)23-12-16-9-17(13-23)11-18(10-16)14-23/h3-6,16-18H,2,7-15H2,1H3,(H,24,26)(H,25,27). The SMILES string of the molecule is CCc1ccccc1OCC(=O)NCCNC(=O)C12CC3CC(CC(C3)C1)C2. The highest BCUT2D eigenvalue weighted by Crippen LogP contribution is 2.60. The normalized spacial score (nSPS) is 30.1. The molecule has 5 heteroatoms. The van der Waals surface area contributed by atoms with Gasteiger partial charge < -0.3 is 15.4 Å². The summed E-state index contributed by atoms with van der Waals surface area (Å²) in [7, 11) is 0. The second-order valence-corrected chi connectivity index (χ2v) is 9.05. The molecule has 0 heterocycles. The van der Waals surface area contributed by atoms with E-state index in [-0.39, 0.29) is 23.8 Å². The maximum Gasteiger partial charge on any atom is 0.258 e. The Balaban J connectivity index is 1.18. The molecule has 0 aliphatic heterocycles. The minimum atomic E-state index is -0.157. The number of hydrogen-bond acceptors (Lipinski definition) is 3. The first-order chi connectivity index (χ1) is 13.6. The second kappa shape index (κ2) is 8.14. The number of carbonyl (C=O) groups excluding carboxylic acids is 2. The number of hydrogen-bond donors (Lipinski definition) is 2. The summed E-state index contributed by atoms with van der Waals surface area (Å²) >= 11 is 0. The Labute approximate surface area is 167 Å². The Morgan fingerprint density at radius 1 is 1.00 bits per heavy atom. The fourth-order valence-electron chi connectivity index (χ4n) is 6.09. The molecule has 4 aliphatic rings. The van der Waals surface area contributed by atoms with E-state index < -0.39 is 0 Å². The lowest BCUT2D eigenvalue weighted by molar-refractivity contribution is -0.146. The maximum atomic E-state index is 12.9. The van der Waals surface area contributed by atoms with E-state index in [9.17, 15) is 9.59 Å². The molecule has 1 aromatic carbocycles. The molecule has 152 valence electrons. The highest BCUT2D eigenvalue weighted by Gasteiger charge is 2.54. The molecule has 0 atom stereocenters. The number of amides is 2. The van der Waals surface area contributed by atoms with Crippen molar-refractivity contribution in [2.24, 2.45) is 23.2 Å². The number of carbonyl (C=O) groups is 2. The van der Waals surface area contributed by atoms with Crippen molar-refractivity contribution >= 4 is 11.8 Å². The van der Waals surface area contributed by atoms with Crippen LogP contribution in [0.2, 0.25) is 0 Å². The molecule has 4 fully saturated rings. The Morgan fingerprint density at radius 2 is 1.61 bits per heavy atom. The summed E-state index contributed by atoms with van der Waals surface area (Å²) in [5.41, 5.74) is 0.976. The second-order valence-electron chi connectivity index (χ2n) is 9.05. The smallest absolute Gasteiger partial charge is 0.258 e. The van der Waals surface area contributed by atoms with Crippen molar-refractivity contribution in [1.29, 1.82) is 0 Å². The topological polar surface area (TPSA) is 67.4 Å². The van der Waals surface area contributed by atoms with Gasteiger partial charge in [-0.1, -0.05) is 25.1 Å². The first-order valence-corrected chi connectivity index (χ1v) is 10.8. The van der Waals surface area contributed by atoms with E-state index in [1.807, 2.05) is 24.3 Å². The van der Waals surface area contributed by atoms with Gasteiger partial charge in [-0.25, -0.2) is 0 Å². The van der Waals surface area contributed by atoms with E-state index in [4.69, 9.17) is 4.74 Å². The van der Waals surface area contributed by atoms with Crippen molar-refractivity contribution in [3.63, 3.8) is 0 Å². The molecular weight excluding hydrogens is 352 g/mol. The molecule has 2 amide bonds. The summed E-state index contributed by atoms with van der Waals surface area (Å²) in [6, 6.07) is 7.77. The van der Waals surface area contributed by atoms with Gasteiger partial charge in [-0.05, 0) is 74.3 Å². The molecule has 28 heavy (non-hydrogen) atoms. The van der Waals surface area contributed by atoms with Crippen LogP contribution in [0.4, 0.5) is 0 Å². The van der Waals surface area contributed by atoms with E-state index in [0.717, 1.165) is 54.7 Å². The highest BCUT2D eigenvalue weighted by atomic mass is 16.5. The molecule has 0 unspecified atom stereocenters. The highest BCUT2D eigenvalue weighted by molar-refractivity contribution is 5.83. The third-order valence-electron chi connectivity index (χ3n) is 6.96. The van der Waals surface area contributed by atoms with Crippen LogP contribution in [0.5, 0.6) is 5.75 Å². The van der Waals surface area contributed by atoms with Crippen molar-refractivity contribution in [3.05, 3.63) is 29.8 Å². The average molecular weight is 385 g/mol. The molecular formula is C23H32N2O3. The lowest BCUT2D eigenvalue weighted by atomic mass is 9.49. The Hall–Kier alpha value is -2.04. The molecule has 4 bridgehead atoms. The quantitative estimate of drug-likeness (QED) is 0.677. The summed E-state index contributed by atoms with van der Waals surface area (Å²) in [5.74, 6) is 3.11. The van der Waals surface area contributed by atoms with E-state index in [0.29, 0.717) is 13.1 Å². The molecule has 5 rings (SSSR count). The maximum absolute atomic E-state index is 12.9. The van der Waals surface area contributed by atoms with Gasteiger partial charge in [-0.2, -0.15) is 0 Å². The van der Waals surface area contributed by atoms with Crippen LogP contribution in [-0.4, -0.2) is 31.5 Å². The van der Waals surface area contributed by atoms with Crippen LogP contribution in [-0.2, 0) is 16.0 Å². The van der Waals surface area contributed by atoms with Crippen LogP contribution >= 0.6 is 0 Å². The Morgan fingerprint density at radius 3 is 2.25 bits per heavy atom. The third kappa shape index (κ3) is 4.03. The Bertz CT molecular complexity index is 695.